The van der Waals surface area contributed by atoms with E-state index in [9.17, 15) is 22.8 Å². The fraction of sp³-hybridized carbons (Fsp3) is 0.238. The lowest BCUT2D eigenvalue weighted by Gasteiger charge is -2.21. The van der Waals surface area contributed by atoms with Gasteiger partial charge in [-0.3, -0.25) is 9.59 Å². The molecule has 1 aliphatic heterocycles. The number of nitrogens with two attached hydrogens (primary N) is 2. The molecule has 0 aliphatic carbocycles. The first-order valence-electron chi connectivity index (χ1n) is 9.81. The molecule has 4 rings (SSSR count). The summed E-state index contributed by atoms with van der Waals surface area (Å²) in [6, 6.07) is 13.2. The summed E-state index contributed by atoms with van der Waals surface area (Å²) < 4.78 is 33.3. The Kier molecular flexibility index (Phi) is 6.97. The average Bonchev–Trinajstić information content (AvgIpc) is 3.15. The predicted molar refractivity (Wildman–Crippen MR) is 108 cm³/mol. The third-order valence-electron chi connectivity index (χ3n) is 4.97. The molecule has 12 heteroatoms. The van der Waals surface area contributed by atoms with Crippen molar-refractivity contribution in [1.82, 2.24) is 15.1 Å². The Labute approximate surface area is 185 Å². The van der Waals surface area contributed by atoms with Crippen LogP contribution in [-0.4, -0.2) is 46.8 Å². The number of hydrogen-bond donors (Lipinski definition) is 3. The fourth-order valence-corrected chi connectivity index (χ4v) is 3.02. The average molecular weight is 463 g/mol. The molecule has 9 nitrogen and oxygen atoms in total. The normalized spacial score (nSPS) is 13.5. The third-order valence-corrected chi connectivity index (χ3v) is 4.97. The van der Waals surface area contributed by atoms with Crippen molar-refractivity contribution in [1.29, 1.82) is 0 Å². The van der Waals surface area contributed by atoms with E-state index in [4.69, 9.17) is 15.6 Å². The number of nitrogens with one attached hydrogen (secondary N) is 1. The monoisotopic (exact) mass is 463 g/mol. The summed E-state index contributed by atoms with van der Waals surface area (Å²) in [7, 11) is 0. The minimum absolute atomic E-state index is 0.119. The highest BCUT2D eigenvalue weighted by molar-refractivity contribution is 6.04. The van der Waals surface area contributed by atoms with Gasteiger partial charge in [0.15, 0.2) is 0 Å². The number of carboxylic acids is 1. The summed E-state index contributed by atoms with van der Waals surface area (Å²) >= 11 is 0. The number of rotatable bonds is 5. The van der Waals surface area contributed by atoms with Crippen LogP contribution in [-0.2, 0) is 16.1 Å². The second-order valence-electron chi connectivity index (χ2n) is 7.31. The molecule has 2 heterocycles. The van der Waals surface area contributed by atoms with Gasteiger partial charge in [0.25, 0.3) is 5.91 Å². The molecular formula is C21H20F3N5O4. The number of benzene rings is 2. The van der Waals surface area contributed by atoms with Crippen molar-refractivity contribution in [2.24, 2.45) is 11.7 Å². The molecule has 1 fully saturated rings. The Morgan fingerprint density at radius 2 is 1.79 bits per heavy atom. The van der Waals surface area contributed by atoms with E-state index in [1.54, 1.807) is 16.8 Å². The van der Waals surface area contributed by atoms with E-state index in [1.807, 2.05) is 36.5 Å². The van der Waals surface area contributed by atoms with Gasteiger partial charge in [0.2, 0.25) is 5.91 Å². The lowest BCUT2D eigenvalue weighted by Crippen LogP contribution is -2.97. The van der Waals surface area contributed by atoms with Crippen molar-refractivity contribution in [2.75, 3.05) is 13.1 Å². The number of carbonyl (C=O) groups excluding carboxylic acids is 3. The number of amides is 2. The van der Waals surface area contributed by atoms with Crippen LogP contribution in [0, 0.1) is 5.92 Å². The Bertz CT molecular complexity index is 1170. The molecule has 174 valence electrons. The lowest BCUT2D eigenvalue weighted by atomic mass is 10.0. The minimum Gasteiger partial charge on any atom is -0.542 e. The lowest BCUT2D eigenvalue weighted by molar-refractivity contribution is -0.717. The van der Waals surface area contributed by atoms with Crippen LogP contribution in [0.5, 0.6) is 0 Å². The van der Waals surface area contributed by atoms with Crippen molar-refractivity contribution in [3.8, 4) is 5.69 Å². The number of halogens is 3. The van der Waals surface area contributed by atoms with Gasteiger partial charge in [0.1, 0.15) is 17.4 Å². The molecule has 1 aliphatic rings. The number of alkyl halides is 3. The Morgan fingerprint density at radius 1 is 1.15 bits per heavy atom. The van der Waals surface area contributed by atoms with Gasteiger partial charge in [-0.05, 0) is 23.8 Å². The Morgan fingerprint density at radius 3 is 2.30 bits per heavy atom. The minimum atomic E-state index is -5.19. The first-order valence-corrected chi connectivity index (χ1v) is 9.81. The molecule has 0 radical (unpaired) electrons. The Hall–Kier alpha value is -3.93. The number of carboxylic acid groups (broad SMARTS) is 1. The van der Waals surface area contributed by atoms with Gasteiger partial charge in [0, 0.05) is 18.1 Å². The van der Waals surface area contributed by atoms with Crippen molar-refractivity contribution < 1.29 is 38.0 Å². The number of nitrogens with zero attached hydrogens (tertiary/aromatic N) is 2. The molecule has 3 aromatic rings. The van der Waals surface area contributed by atoms with Crippen LogP contribution in [0.2, 0.25) is 0 Å². The van der Waals surface area contributed by atoms with Crippen molar-refractivity contribution in [2.45, 2.75) is 12.7 Å². The van der Waals surface area contributed by atoms with Gasteiger partial charge in [-0.25, -0.2) is 4.68 Å². The molecule has 1 aromatic heterocycles. The van der Waals surface area contributed by atoms with Gasteiger partial charge in [0.05, 0.1) is 24.3 Å². The number of aromatic nitrogens is 2. The van der Waals surface area contributed by atoms with E-state index in [-0.39, 0.29) is 11.8 Å². The van der Waals surface area contributed by atoms with Crippen LogP contribution < -0.4 is 21.5 Å². The number of fused-ring (bicyclic) bond motifs is 1. The van der Waals surface area contributed by atoms with E-state index in [0.29, 0.717) is 17.6 Å². The summed E-state index contributed by atoms with van der Waals surface area (Å²) in [5.74, 6) is -3.23. The van der Waals surface area contributed by atoms with E-state index < -0.39 is 18.1 Å². The number of primary amides is 1. The zero-order chi connectivity index (χ0) is 24.2. The van der Waals surface area contributed by atoms with Gasteiger partial charge in [-0.1, -0.05) is 24.3 Å². The molecule has 0 unspecified atom stereocenters. The van der Waals surface area contributed by atoms with Crippen LogP contribution in [0.25, 0.3) is 16.6 Å². The van der Waals surface area contributed by atoms with Crippen LogP contribution in [0.15, 0.2) is 48.7 Å². The first kappa shape index (κ1) is 23.7. The fourth-order valence-electron chi connectivity index (χ4n) is 3.02. The molecule has 2 amide bonds. The maximum absolute atomic E-state index is 11.9. The van der Waals surface area contributed by atoms with E-state index in [1.165, 1.54) is 0 Å². The zero-order valence-electron chi connectivity index (χ0n) is 17.1. The molecule has 5 N–H and O–H groups in total. The maximum Gasteiger partial charge on any atom is 0.430 e. The van der Waals surface area contributed by atoms with Crippen LogP contribution in [0.1, 0.15) is 15.9 Å². The van der Waals surface area contributed by atoms with Gasteiger partial charge in [-0.15, -0.1) is 0 Å². The van der Waals surface area contributed by atoms with Crippen LogP contribution in [0.4, 0.5) is 13.2 Å². The third kappa shape index (κ3) is 5.86. The second kappa shape index (κ2) is 9.69. The summed E-state index contributed by atoms with van der Waals surface area (Å²) in [5.41, 5.74) is 8.32. The van der Waals surface area contributed by atoms with Gasteiger partial charge < -0.3 is 26.3 Å². The Balaban J connectivity index is 0.000000383. The smallest absolute Gasteiger partial charge is 0.430 e. The summed E-state index contributed by atoms with van der Waals surface area (Å²) in [6.45, 7) is 2.28. The highest BCUT2D eigenvalue weighted by Gasteiger charge is 2.29. The summed E-state index contributed by atoms with van der Waals surface area (Å²) in [6.07, 6.45) is -3.33. The number of quaternary nitrogens is 1. The highest BCUT2D eigenvalue weighted by Crippen LogP contribution is 2.19. The molecule has 1 saturated heterocycles. The molecule has 33 heavy (non-hydrogen) atoms. The largest absolute Gasteiger partial charge is 0.542 e. The van der Waals surface area contributed by atoms with Gasteiger partial charge >= 0.3 is 6.18 Å². The van der Waals surface area contributed by atoms with Crippen LogP contribution >= 0.6 is 0 Å². The first-order chi connectivity index (χ1) is 15.6. The molecule has 0 spiro atoms. The topological polar surface area (TPSA) is 147 Å². The van der Waals surface area contributed by atoms with E-state index in [2.05, 4.69) is 15.7 Å². The standard InChI is InChI=1S/C19H19N5O2.C2HF3O2/c20-18(25)16-3-1-2-13-11-24(23-17(13)16)15-6-4-12(5-7-15)8-22-19(26)14-9-21-10-14;3-2(4,5)1(6)7/h1-7,11,14,21H,8-10H2,(H2,20,25)(H,22,26);(H,6,7). The summed E-state index contributed by atoms with van der Waals surface area (Å²) in [4.78, 5) is 32.2. The van der Waals surface area contributed by atoms with E-state index >= 15 is 0 Å². The zero-order valence-corrected chi connectivity index (χ0v) is 17.1. The predicted octanol–water partition coefficient (Wildman–Crippen LogP) is -0.768. The van der Waals surface area contributed by atoms with Crippen molar-refractivity contribution in [3.05, 3.63) is 59.8 Å². The van der Waals surface area contributed by atoms with Crippen molar-refractivity contribution in [3.63, 3.8) is 0 Å². The highest BCUT2D eigenvalue weighted by atomic mass is 19.4. The molecular weight excluding hydrogens is 443 g/mol. The quantitative estimate of drug-likeness (QED) is 0.455. The van der Waals surface area contributed by atoms with Crippen molar-refractivity contribution >= 4 is 28.7 Å². The number of hydrogen-bond acceptors (Lipinski definition) is 5. The molecule has 0 bridgehead atoms. The second-order valence-corrected chi connectivity index (χ2v) is 7.31. The SMILES string of the molecule is NC(=O)c1cccc2cn(-c3ccc(CNC(=O)C4C[NH2+]C4)cc3)nc12.O=C([O-])C(F)(F)F. The number of aliphatic carboxylic acids is 1. The molecule has 2 aromatic carbocycles. The molecule has 0 saturated carbocycles. The van der Waals surface area contributed by atoms with E-state index in [0.717, 1.165) is 29.7 Å². The van der Waals surface area contributed by atoms with Crippen LogP contribution in [0.3, 0.4) is 0 Å². The maximum atomic E-state index is 11.9. The number of carbonyl (C=O) groups is 3. The summed E-state index contributed by atoms with van der Waals surface area (Å²) in [5, 5.41) is 19.2. The van der Waals surface area contributed by atoms with Gasteiger partial charge in [-0.2, -0.15) is 18.3 Å². The molecule has 0 atom stereocenters.